The van der Waals surface area contributed by atoms with E-state index in [1.54, 1.807) is 25.3 Å². The number of nitrogens with one attached hydrogen (secondary N) is 1. The van der Waals surface area contributed by atoms with Crippen LogP contribution in [0.4, 0.5) is 5.69 Å². The van der Waals surface area contributed by atoms with Gasteiger partial charge in [-0.15, -0.1) is 10.2 Å². The number of nitrogens with zero attached hydrogens (tertiary/aromatic N) is 2. The fourth-order valence-corrected chi connectivity index (χ4v) is 3.41. The van der Waals surface area contributed by atoms with Crippen molar-refractivity contribution in [3.8, 4) is 28.5 Å². The van der Waals surface area contributed by atoms with Crippen molar-refractivity contribution in [1.82, 2.24) is 10.2 Å². The largest absolute Gasteiger partial charge is 0.497 e. The van der Waals surface area contributed by atoms with E-state index in [9.17, 15) is 4.79 Å². The van der Waals surface area contributed by atoms with E-state index in [4.69, 9.17) is 14.2 Å². The van der Waals surface area contributed by atoms with Crippen molar-refractivity contribution in [1.29, 1.82) is 0 Å². The molecular formula is C21H19N3O4S. The van der Waals surface area contributed by atoms with Gasteiger partial charge in [0.25, 0.3) is 0 Å². The Balaban J connectivity index is 1.33. The SMILES string of the molecule is COc1cccc(-c2ccc(SCC(=O)Nc3ccc4c(c3)OCCO4)nn2)c1. The van der Waals surface area contributed by atoms with Gasteiger partial charge in [0.1, 0.15) is 24.0 Å². The van der Waals surface area contributed by atoms with E-state index < -0.39 is 0 Å². The van der Waals surface area contributed by atoms with Crippen LogP contribution < -0.4 is 19.5 Å². The predicted molar refractivity (Wildman–Crippen MR) is 111 cm³/mol. The van der Waals surface area contributed by atoms with Crippen LogP contribution in [-0.2, 0) is 4.79 Å². The fraction of sp³-hybridized carbons (Fsp3) is 0.190. The molecule has 0 saturated carbocycles. The Kier molecular flexibility index (Phi) is 5.81. The van der Waals surface area contributed by atoms with E-state index in [1.807, 2.05) is 36.4 Å². The number of anilines is 1. The average Bonchev–Trinajstić information content (AvgIpc) is 2.78. The summed E-state index contributed by atoms with van der Waals surface area (Å²) in [6.45, 7) is 1.04. The van der Waals surface area contributed by atoms with Crippen molar-refractivity contribution in [3.05, 3.63) is 54.6 Å². The van der Waals surface area contributed by atoms with Gasteiger partial charge in [-0.3, -0.25) is 4.79 Å². The van der Waals surface area contributed by atoms with Crippen molar-refractivity contribution in [3.63, 3.8) is 0 Å². The molecule has 0 bridgehead atoms. The second-order valence-corrected chi connectivity index (χ2v) is 7.18. The highest BCUT2D eigenvalue weighted by Gasteiger charge is 2.13. The normalized spacial score (nSPS) is 12.3. The van der Waals surface area contributed by atoms with Gasteiger partial charge in [-0.2, -0.15) is 0 Å². The van der Waals surface area contributed by atoms with Crippen LogP contribution in [0.2, 0.25) is 0 Å². The number of ether oxygens (including phenoxy) is 3. The summed E-state index contributed by atoms with van der Waals surface area (Å²) in [6, 6.07) is 16.7. The Morgan fingerprint density at radius 3 is 2.72 bits per heavy atom. The molecule has 3 aromatic rings. The first-order valence-corrected chi connectivity index (χ1v) is 10.0. The zero-order valence-electron chi connectivity index (χ0n) is 15.8. The molecule has 148 valence electrons. The Hall–Kier alpha value is -3.26. The Bertz CT molecular complexity index is 1010. The molecular weight excluding hydrogens is 390 g/mol. The summed E-state index contributed by atoms with van der Waals surface area (Å²) in [5, 5.41) is 12.0. The predicted octanol–water partition coefficient (Wildman–Crippen LogP) is 3.65. The molecule has 1 amide bonds. The number of fused-ring (bicyclic) bond motifs is 1. The van der Waals surface area contributed by atoms with E-state index in [1.165, 1.54) is 11.8 Å². The van der Waals surface area contributed by atoms with Crippen molar-refractivity contribution in [2.45, 2.75) is 5.03 Å². The molecule has 2 aromatic carbocycles. The maximum atomic E-state index is 12.2. The lowest BCUT2D eigenvalue weighted by Gasteiger charge is -2.18. The molecule has 8 heteroatoms. The average molecular weight is 409 g/mol. The zero-order chi connectivity index (χ0) is 20.1. The van der Waals surface area contributed by atoms with Gasteiger partial charge in [-0.1, -0.05) is 23.9 Å². The molecule has 0 saturated heterocycles. The molecule has 7 nitrogen and oxygen atoms in total. The molecule has 1 aliphatic heterocycles. The number of carbonyl (C=O) groups excluding carboxylic acids is 1. The quantitative estimate of drug-likeness (QED) is 0.622. The van der Waals surface area contributed by atoms with E-state index in [0.717, 1.165) is 17.0 Å². The van der Waals surface area contributed by atoms with Crippen LogP contribution in [0.3, 0.4) is 0 Å². The standard InChI is InChI=1S/C21H19N3O4S/c1-26-16-4-2-3-14(11-16)17-6-8-21(24-23-17)29-13-20(25)22-15-5-7-18-19(12-15)28-10-9-27-18/h2-8,11-12H,9-10,13H2,1H3,(H,22,25). The van der Waals surface area contributed by atoms with Crippen molar-refractivity contribution >= 4 is 23.4 Å². The summed E-state index contributed by atoms with van der Waals surface area (Å²) in [5.41, 5.74) is 2.33. The summed E-state index contributed by atoms with van der Waals surface area (Å²) in [7, 11) is 1.63. The van der Waals surface area contributed by atoms with Crippen LogP contribution in [0.25, 0.3) is 11.3 Å². The number of benzene rings is 2. The van der Waals surface area contributed by atoms with E-state index in [2.05, 4.69) is 15.5 Å². The zero-order valence-corrected chi connectivity index (χ0v) is 16.6. The van der Waals surface area contributed by atoms with Crippen LogP contribution in [0.5, 0.6) is 17.2 Å². The van der Waals surface area contributed by atoms with Crippen LogP contribution in [0, 0.1) is 0 Å². The van der Waals surface area contributed by atoms with E-state index in [0.29, 0.717) is 35.4 Å². The number of thioether (sulfide) groups is 1. The number of hydrogen-bond donors (Lipinski definition) is 1. The number of carbonyl (C=O) groups is 1. The highest BCUT2D eigenvalue weighted by Crippen LogP contribution is 2.32. The minimum Gasteiger partial charge on any atom is -0.497 e. The number of aromatic nitrogens is 2. The lowest BCUT2D eigenvalue weighted by molar-refractivity contribution is -0.113. The molecule has 1 N–H and O–H groups in total. The molecule has 1 aliphatic rings. The fourth-order valence-electron chi connectivity index (χ4n) is 2.79. The first-order valence-electron chi connectivity index (χ1n) is 9.02. The maximum absolute atomic E-state index is 12.2. The lowest BCUT2D eigenvalue weighted by Crippen LogP contribution is -2.17. The molecule has 2 heterocycles. The third-order valence-corrected chi connectivity index (χ3v) is 5.10. The highest BCUT2D eigenvalue weighted by molar-refractivity contribution is 7.99. The van der Waals surface area contributed by atoms with Gasteiger partial charge in [-0.25, -0.2) is 0 Å². The molecule has 0 aliphatic carbocycles. The van der Waals surface area contributed by atoms with Crippen LogP contribution in [0.1, 0.15) is 0 Å². The molecule has 4 rings (SSSR count). The van der Waals surface area contributed by atoms with Crippen molar-refractivity contribution < 1.29 is 19.0 Å². The maximum Gasteiger partial charge on any atom is 0.234 e. The third-order valence-electron chi connectivity index (χ3n) is 4.18. The Morgan fingerprint density at radius 2 is 1.93 bits per heavy atom. The second-order valence-electron chi connectivity index (χ2n) is 6.18. The van der Waals surface area contributed by atoms with Crippen LogP contribution >= 0.6 is 11.8 Å². The summed E-state index contributed by atoms with van der Waals surface area (Å²) in [4.78, 5) is 12.2. The molecule has 0 unspecified atom stereocenters. The molecule has 0 radical (unpaired) electrons. The monoisotopic (exact) mass is 409 g/mol. The van der Waals surface area contributed by atoms with Crippen molar-refractivity contribution in [2.75, 3.05) is 31.4 Å². The topological polar surface area (TPSA) is 82.6 Å². The van der Waals surface area contributed by atoms with E-state index in [-0.39, 0.29) is 11.7 Å². The third kappa shape index (κ3) is 4.78. The molecule has 29 heavy (non-hydrogen) atoms. The first-order chi connectivity index (χ1) is 14.2. The minimum absolute atomic E-state index is 0.134. The number of hydrogen-bond acceptors (Lipinski definition) is 7. The van der Waals surface area contributed by atoms with Crippen LogP contribution in [-0.4, -0.2) is 42.2 Å². The molecule has 0 fully saturated rings. The summed E-state index contributed by atoms with van der Waals surface area (Å²) >= 11 is 1.32. The van der Waals surface area contributed by atoms with Gasteiger partial charge in [-0.05, 0) is 36.4 Å². The molecule has 0 spiro atoms. The van der Waals surface area contributed by atoms with E-state index >= 15 is 0 Å². The summed E-state index contributed by atoms with van der Waals surface area (Å²) in [5.74, 6) is 2.18. The highest BCUT2D eigenvalue weighted by atomic mass is 32.2. The Labute approximate surface area is 172 Å². The molecule has 1 aromatic heterocycles. The van der Waals surface area contributed by atoms with Gasteiger partial charge in [0.2, 0.25) is 5.91 Å². The van der Waals surface area contributed by atoms with Gasteiger partial charge in [0.15, 0.2) is 11.5 Å². The summed E-state index contributed by atoms with van der Waals surface area (Å²) < 4.78 is 16.2. The Morgan fingerprint density at radius 1 is 1.07 bits per heavy atom. The van der Waals surface area contributed by atoms with Gasteiger partial charge in [0.05, 0.1) is 18.6 Å². The second kappa shape index (κ2) is 8.83. The summed E-state index contributed by atoms with van der Waals surface area (Å²) in [6.07, 6.45) is 0. The number of rotatable bonds is 6. The van der Waals surface area contributed by atoms with Crippen molar-refractivity contribution in [2.24, 2.45) is 0 Å². The lowest BCUT2D eigenvalue weighted by atomic mass is 10.1. The molecule has 0 atom stereocenters. The van der Waals surface area contributed by atoms with Crippen LogP contribution in [0.15, 0.2) is 59.6 Å². The van der Waals surface area contributed by atoms with Gasteiger partial charge < -0.3 is 19.5 Å². The van der Waals surface area contributed by atoms with Gasteiger partial charge >= 0.3 is 0 Å². The smallest absolute Gasteiger partial charge is 0.234 e. The minimum atomic E-state index is -0.134. The number of amides is 1. The number of methoxy groups -OCH3 is 1. The van der Waals surface area contributed by atoms with Gasteiger partial charge in [0, 0.05) is 17.3 Å². The first kappa shape index (κ1) is 19.1.